The van der Waals surface area contributed by atoms with Crippen molar-refractivity contribution in [2.45, 2.75) is 0 Å². The van der Waals surface area contributed by atoms with Gasteiger partial charge in [-0.05, 0) is 0 Å². The third-order valence-corrected chi connectivity index (χ3v) is 0. The van der Waals surface area contributed by atoms with Crippen LogP contribution >= 0.6 is 0 Å². The van der Waals surface area contributed by atoms with Crippen LogP contribution in [-0.2, 0) is 39.0 Å². The zero-order valence-electron chi connectivity index (χ0n) is 2.17. The third kappa shape index (κ3) is 8.82. The SMILES string of the molecule is [Br-].[I-].[Zn+2].[Zn+2]. The summed E-state index contributed by atoms with van der Waals surface area (Å²) in [6, 6.07) is 0. The molecule has 4 heavy (non-hydrogen) atoms. The molecule has 0 heterocycles. The second kappa shape index (κ2) is 18.0. The van der Waals surface area contributed by atoms with Crippen LogP contribution in [0.2, 0.25) is 0 Å². The summed E-state index contributed by atoms with van der Waals surface area (Å²) in [5.41, 5.74) is 0. The Kier molecular flexibility index (Phi) is 143. The normalized spacial score (nSPS) is 0. The zero-order chi connectivity index (χ0) is 0. The molecule has 0 radical (unpaired) electrons. The summed E-state index contributed by atoms with van der Waals surface area (Å²) in [6.07, 6.45) is 0. The molecule has 0 aliphatic heterocycles. The van der Waals surface area contributed by atoms with E-state index in [0.717, 1.165) is 0 Å². The van der Waals surface area contributed by atoms with Crippen molar-refractivity contribution in [2.24, 2.45) is 0 Å². The molecule has 0 saturated carbocycles. The minimum Gasteiger partial charge on any atom is -1.00 e. The summed E-state index contributed by atoms with van der Waals surface area (Å²) in [5, 5.41) is 0. The Bertz CT molecular complexity index is 6.00. The van der Waals surface area contributed by atoms with E-state index < -0.39 is 0 Å². The smallest absolute Gasteiger partial charge is 1.00 e. The molecule has 0 N–H and O–H groups in total. The molecule has 4 heteroatoms. The molecule has 0 saturated heterocycles. The standard InChI is InChI=1S/BrH.HI.2Zn/h2*1H;;/q;;2*+2/p-2. The maximum atomic E-state index is 0. The van der Waals surface area contributed by atoms with Gasteiger partial charge in [-0.15, -0.1) is 0 Å². The van der Waals surface area contributed by atoms with Crippen LogP contribution in [0.3, 0.4) is 0 Å². The van der Waals surface area contributed by atoms with Crippen molar-refractivity contribution < 1.29 is 79.9 Å². The molecule has 0 aliphatic rings. The topological polar surface area (TPSA) is 0 Å². The number of hydrogen-bond donors (Lipinski definition) is 0. The van der Waals surface area contributed by atoms with E-state index in [-0.39, 0.29) is 79.9 Å². The summed E-state index contributed by atoms with van der Waals surface area (Å²) in [4.78, 5) is 0. The van der Waals surface area contributed by atoms with E-state index >= 15 is 0 Å². The first-order valence-electron chi connectivity index (χ1n) is 0. The summed E-state index contributed by atoms with van der Waals surface area (Å²) in [7, 11) is 0. The van der Waals surface area contributed by atoms with Crippen LogP contribution in [0.4, 0.5) is 0 Å². The number of rotatable bonds is 0. The fourth-order valence-corrected chi connectivity index (χ4v) is 0. The molecule has 0 spiro atoms. The summed E-state index contributed by atoms with van der Waals surface area (Å²) >= 11 is 0. The van der Waals surface area contributed by atoms with Crippen LogP contribution in [-0.4, -0.2) is 0 Å². The van der Waals surface area contributed by atoms with Gasteiger partial charge in [-0.2, -0.15) is 0 Å². The first-order valence-corrected chi connectivity index (χ1v) is 0. The molecular formula is BrIZn2+2. The van der Waals surface area contributed by atoms with Gasteiger partial charge in [-0.25, -0.2) is 0 Å². The van der Waals surface area contributed by atoms with Crippen LogP contribution in [0.25, 0.3) is 0 Å². The molecule has 0 atom stereocenters. The van der Waals surface area contributed by atoms with Gasteiger partial charge in [0.2, 0.25) is 0 Å². The van der Waals surface area contributed by atoms with Crippen LogP contribution in [0.5, 0.6) is 0 Å². The second-order valence-electron chi connectivity index (χ2n) is 0. The van der Waals surface area contributed by atoms with E-state index in [0.29, 0.717) is 0 Å². The molecule has 0 aromatic carbocycles. The van der Waals surface area contributed by atoms with E-state index in [2.05, 4.69) is 0 Å². The van der Waals surface area contributed by atoms with E-state index in [1.165, 1.54) is 0 Å². The van der Waals surface area contributed by atoms with Gasteiger partial charge in [-0.1, -0.05) is 0 Å². The molecule has 0 rings (SSSR count). The van der Waals surface area contributed by atoms with Crippen molar-refractivity contribution in [3.05, 3.63) is 0 Å². The monoisotopic (exact) mass is 334 g/mol. The molecule has 0 aromatic heterocycles. The average Bonchev–Trinajstić information content (AvgIpc) is 0. The molecule has 0 bridgehead atoms. The molecular weight excluding hydrogens is 338 g/mol. The Hall–Kier alpha value is 2.46. The third-order valence-electron chi connectivity index (χ3n) is 0. The number of halogens is 2. The van der Waals surface area contributed by atoms with Gasteiger partial charge in [-0.3, -0.25) is 0 Å². The summed E-state index contributed by atoms with van der Waals surface area (Å²) < 4.78 is 0. The molecule has 0 aromatic rings. The van der Waals surface area contributed by atoms with Crippen molar-refractivity contribution >= 4 is 0 Å². The van der Waals surface area contributed by atoms with Gasteiger partial charge in [0.25, 0.3) is 0 Å². The Morgan fingerprint density at radius 1 is 0.750 bits per heavy atom. The summed E-state index contributed by atoms with van der Waals surface area (Å²) in [6.45, 7) is 0. The van der Waals surface area contributed by atoms with Gasteiger partial charge in [0.15, 0.2) is 0 Å². The van der Waals surface area contributed by atoms with Crippen molar-refractivity contribution in [1.82, 2.24) is 0 Å². The Balaban J connectivity index is 0. The maximum Gasteiger partial charge on any atom is 2.00 e. The van der Waals surface area contributed by atoms with Crippen molar-refractivity contribution in [1.29, 1.82) is 0 Å². The molecule has 0 amide bonds. The molecule has 0 fully saturated rings. The predicted molar refractivity (Wildman–Crippen MR) is 0 cm³/mol. The van der Waals surface area contributed by atoms with Gasteiger partial charge >= 0.3 is 39.0 Å². The second-order valence-corrected chi connectivity index (χ2v) is 0. The Labute approximate surface area is 78.8 Å². The largest absolute Gasteiger partial charge is 2.00 e. The predicted octanol–water partition coefficient (Wildman–Crippen LogP) is -6.00. The number of hydrogen-bond acceptors (Lipinski definition) is 0. The van der Waals surface area contributed by atoms with Crippen molar-refractivity contribution in [3.8, 4) is 0 Å². The van der Waals surface area contributed by atoms with Crippen molar-refractivity contribution in [2.75, 3.05) is 0 Å². The average molecular weight is 338 g/mol. The first-order chi connectivity index (χ1) is 0. The van der Waals surface area contributed by atoms with Crippen molar-refractivity contribution in [3.63, 3.8) is 0 Å². The first kappa shape index (κ1) is 31.9. The summed E-state index contributed by atoms with van der Waals surface area (Å²) in [5.74, 6) is 0. The molecule has 0 unspecified atom stereocenters. The van der Waals surface area contributed by atoms with Crippen LogP contribution in [0.1, 0.15) is 0 Å². The van der Waals surface area contributed by atoms with Gasteiger partial charge in [0, 0.05) is 0 Å². The van der Waals surface area contributed by atoms with Crippen LogP contribution < -0.4 is 41.0 Å². The fraction of sp³-hybridized carbons (Fsp3) is 0. The van der Waals surface area contributed by atoms with E-state index in [1.807, 2.05) is 0 Å². The Morgan fingerprint density at radius 3 is 0.750 bits per heavy atom. The molecule has 16 valence electrons. The van der Waals surface area contributed by atoms with Crippen LogP contribution in [0.15, 0.2) is 0 Å². The van der Waals surface area contributed by atoms with Crippen LogP contribution in [0, 0.1) is 0 Å². The quantitative estimate of drug-likeness (QED) is 0.305. The van der Waals surface area contributed by atoms with Gasteiger partial charge in [0.05, 0.1) is 0 Å². The van der Waals surface area contributed by atoms with E-state index in [4.69, 9.17) is 0 Å². The minimum absolute atomic E-state index is 0. The zero-order valence-corrected chi connectivity index (χ0v) is 11.8. The maximum absolute atomic E-state index is 0. The molecule has 0 aliphatic carbocycles. The van der Waals surface area contributed by atoms with Gasteiger partial charge < -0.3 is 41.0 Å². The molecule has 0 nitrogen and oxygen atoms in total. The van der Waals surface area contributed by atoms with E-state index in [9.17, 15) is 0 Å². The van der Waals surface area contributed by atoms with Gasteiger partial charge in [0.1, 0.15) is 0 Å². The fourth-order valence-electron chi connectivity index (χ4n) is 0. The minimum atomic E-state index is 0. The van der Waals surface area contributed by atoms with E-state index in [1.54, 1.807) is 0 Å². The Morgan fingerprint density at radius 2 is 0.750 bits per heavy atom.